The van der Waals surface area contributed by atoms with E-state index in [9.17, 15) is 5.11 Å². The van der Waals surface area contributed by atoms with Crippen LogP contribution in [-0.2, 0) is 0 Å². The van der Waals surface area contributed by atoms with E-state index in [0.717, 1.165) is 18.4 Å². The standard InChI is InChI=1S/C14H23NO/c1-4-5-13(16)14(15)12-8-6-11(7-9-12)10(2)3/h6-10,13-14,16H,4-5,15H2,1-3H3/t13-,14+/m1/s1. The van der Waals surface area contributed by atoms with Gasteiger partial charge in [-0.1, -0.05) is 51.5 Å². The SMILES string of the molecule is CCC[C@@H](O)[C@@H](N)c1ccc(C(C)C)cc1. The molecular formula is C14H23NO. The summed E-state index contributed by atoms with van der Waals surface area (Å²) in [6.45, 7) is 6.39. The first-order valence-electron chi connectivity index (χ1n) is 6.09. The highest BCUT2D eigenvalue weighted by Gasteiger charge is 2.15. The zero-order chi connectivity index (χ0) is 12.1. The average molecular weight is 221 g/mol. The van der Waals surface area contributed by atoms with Gasteiger partial charge in [0.25, 0.3) is 0 Å². The third kappa shape index (κ3) is 3.32. The van der Waals surface area contributed by atoms with Crippen LogP contribution in [0, 0.1) is 0 Å². The highest BCUT2D eigenvalue weighted by atomic mass is 16.3. The highest BCUT2D eigenvalue weighted by molar-refractivity contribution is 5.27. The third-order valence-corrected chi connectivity index (χ3v) is 2.99. The van der Waals surface area contributed by atoms with Crippen molar-refractivity contribution in [2.24, 2.45) is 5.73 Å². The second-order valence-corrected chi connectivity index (χ2v) is 4.70. The lowest BCUT2D eigenvalue weighted by molar-refractivity contribution is 0.134. The van der Waals surface area contributed by atoms with E-state index in [1.54, 1.807) is 0 Å². The van der Waals surface area contributed by atoms with Gasteiger partial charge >= 0.3 is 0 Å². The molecule has 1 rings (SSSR count). The fourth-order valence-electron chi connectivity index (χ4n) is 1.80. The Kier molecular flexibility index (Phi) is 4.97. The van der Waals surface area contributed by atoms with E-state index in [0.29, 0.717) is 5.92 Å². The van der Waals surface area contributed by atoms with Gasteiger partial charge in [0.15, 0.2) is 0 Å². The van der Waals surface area contributed by atoms with Crippen LogP contribution in [0.3, 0.4) is 0 Å². The van der Waals surface area contributed by atoms with E-state index in [4.69, 9.17) is 5.73 Å². The minimum absolute atomic E-state index is 0.263. The van der Waals surface area contributed by atoms with E-state index in [1.165, 1.54) is 5.56 Å². The summed E-state index contributed by atoms with van der Waals surface area (Å²) in [4.78, 5) is 0. The van der Waals surface area contributed by atoms with Gasteiger partial charge in [0.1, 0.15) is 0 Å². The van der Waals surface area contributed by atoms with Gasteiger partial charge in [-0.25, -0.2) is 0 Å². The first kappa shape index (κ1) is 13.2. The number of rotatable bonds is 5. The first-order chi connectivity index (χ1) is 7.56. The largest absolute Gasteiger partial charge is 0.391 e. The normalized spacial score (nSPS) is 15.1. The average Bonchev–Trinajstić information content (AvgIpc) is 2.28. The van der Waals surface area contributed by atoms with Crippen LogP contribution in [0.5, 0.6) is 0 Å². The molecule has 0 amide bonds. The van der Waals surface area contributed by atoms with Crippen molar-refractivity contribution in [2.45, 2.75) is 51.7 Å². The van der Waals surface area contributed by atoms with E-state index >= 15 is 0 Å². The Hall–Kier alpha value is -0.860. The number of hydrogen-bond donors (Lipinski definition) is 2. The molecule has 0 aromatic heterocycles. The zero-order valence-corrected chi connectivity index (χ0v) is 10.5. The summed E-state index contributed by atoms with van der Waals surface area (Å²) >= 11 is 0. The molecule has 2 atom stereocenters. The molecule has 0 fully saturated rings. The molecule has 90 valence electrons. The molecule has 1 aromatic rings. The van der Waals surface area contributed by atoms with Gasteiger partial charge in [0.2, 0.25) is 0 Å². The monoisotopic (exact) mass is 221 g/mol. The molecule has 0 aliphatic carbocycles. The van der Waals surface area contributed by atoms with Crippen molar-refractivity contribution >= 4 is 0 Å². The maximum absolute atomic E-state index is 9.82. The van der Waals surface area contributed by atoms with Crippen molar-refractivity contribution in [3.05, 3.63) is 35.4 Å². The van der Waals surface area contributed by atoms with Crippen molar-refractivity contribution < 1.29 is 5.11 Å². The van der Waals surface area contributed by atoms with Gasteiger partial charge in [-0.3, -0.25) is 0 Å². The lowest BCUT2D eigenvalue weighted by Gasteiger charge is -2.19. The summed E-state index contributed by atoms with van der Waals surface area (Å²) in [5, 5.41) is 9.82. The van der Waals surface area contributed by atoms with Crippen molar-refractivity contribution in [2.75, 3.05) is 0 Å². The lowest BCUT2D eigenvalue weighted by atomic mass is 9.96. The molecule has 1 aromatic carbocycles. The molecule has 0 radical (unpaired) electrons. The van der Waals surface area contributed by atoms with E-state index in [-0.39, 0.29) is 6.04 Å². The number of benzene rings is 1. The van der Waals surface area contributed by atoms with Gasteiger partial charge in [-0.15, -0.1) is 0 Å². The van der Waals surface area contributed by atoms with E-state index < -0.39 is 6.10 Å². The van der Waals surface area contributed by atoms with Crippen molar-refractivity contribution in [3.8, 4) is 0 Å². The van der Waals surface area contributed by atoms with Crippen LogP contribution in [0.25, 0.3) is 0 Å². The van der Waals surface area contributed by atoms with Crippen LogP contribution < -0.4 is 5.73 Å². The second-order valence-electron chi connectivity index (χ2n) is 4.70. The smallest absolute Gasteiger partial charge is 0.0732 e. The molecule has 0 aliphatic rings. The van der Waals surface area contributed by atoms with Crippen molar-refractivity contribution in [3.63, 3.8) is 0 Å². The molecule has 0 saturated carbocycles. The van der Waals surface area contributed by atoms with Crippen LogP contribution in [0.2, 0.25) is 0 Å². The van der Waals surface area contributed by atoms with Gasteiger partial charge in [0.05, 0.1) is 12.1 Å². The summed E-state index contributed by atoms with van der Waals surface area (Å²) in [5.41, 5.74) is 8.33. The molecule has 16 heavy (non-hydrogen) atoms. The molecule has 0 saturated heterocycles. The quantitative estimate of drug-likeness (QED) is 0.803. The maximum atomic E-state index is 9.82. The van der Waals surface area contributed by atoms with E-state index in [2.05, 4.69) is 32.9 Å². The third-order valence-electron chi connectivity index (χ3n) is 2.99. The van der Waals surface area contributed by atoms with Crippen LogP contribution in [0.15, 0.2) is 24.3 Å². The number of aliphatic hydroxyl groups excluding tert-OH is 1. The van der Waals surface area contributed by atoms with Gasteiger partial charge in [0, 0.05) is 0 Å². The fraction of sp³-hybridized carbons (Fsp3) is 0.571. The Morgan fingerprint density at radius 1 is 1.12 bits per heavy atom. The van der Waals surface area contributed by atoms with Gasteiger partial charge in [-0.2, -0.15) is 0 Å². The van der Waals surface area contributed by atoms with Crippen molar-refractivity contribution in [1.29, 1.82) is 0 Å². The van der Waals surface area contributed by atoms with Crippen LogP contribution in [-0.4, -0.2) is 11.2 Å². The van der Waals surface area contributed by atoms with Gasteiger partial charge in [-0.05, 0) is 23.5 Å². The lowest BCUT2D eigenvalue weighted by Crippen LogP contribution is -2.25. The molecule has 3 N–H and O–H groups in total. The predicted octanol–water partition coefficient (Wildman–Crippen LogP) is 2.97. The molecular weight excluding hydrogens is 198 g/mol. The van der Waals surface area contributed by atoms with E-state index in [1.807, 2.05) is 12.1 Å². The summed E-state index contributed by atoms with van der Waals surface area (Å²) in [6.07, 6.45) is 1.28. The highest BCUT2D eigenvalue weighted by Crippen LogP contribution is 2.20. The minimum Gasteiger partial charge on any atom is -0.391 e. The summed E-state index contributed by atoms with van der Waals surface area (Å²) in [5.74, 6) is 0.533. The summed E-state index contributed by atoms with van der Waals surface area (Å²) in [6, 6.07) is 7.98. The Labute approximate surface area is 98.5 Å². The molecule has 2 nitrogen and oxygen atoms in total. The molecule has 0 spiro atoms. The summed E-state index contributed by atoms with van der Waals surface area (Å²) < 4.78 is 0. The maximum Gasteiger partial charge on any atom is 0.0732 e. The van der Waals surface area contributed by atoms with Crippen LogP contribution in [0.4, 0.5) is 0 Å². The number of hydrogen-bond acceptors (Lipinski definition) is 2. The topological polar surface area (TPSA) is 46.2 Å². The molecule has 0 unspecified atom stereocenters. The van der Waals surface area contributed by atoms with Crippen molar-refractivity contribution in [1.82, 2.24) is 0 Å². The molecule has 0 heterocycles. The second kappa shape index (κ2) is 6.02. The van der Waals surface area contributed by atoms with Gasteiger partial charge < -0.3 is 10.8 Å². The summed E-state index contributed by atoms with van der Waals surface area (Å²) in [7, 11) is 0. The minimum atomic E-state index is -0.435. The zero-order valence-electron chi connectivity index (χ0n) is 10.5. The van der Waals surface area contributed by atoms with Crippen LogP contribution >= 0.6 is 0 Å². The fourth-order valence-corrected chi connectivity index (χ4v) is 1.80. The molecule has 2 heteroatoms. The Balaban J connectivity index is 2.73. The molecule has 0 aliphatic heterocycles. The Morgan fingerprint density at radius 3 is 2.06 bits per heavy atom. The van der Waals surface area contributed by atoms with Crippen LogP contribution in [0.1, 0.15) is 56.7 Å². The Bertz CT molecular complexity index is 305. The number of aliphatic hydroxyl groups is 1. The number of nitrogens with two attached hydrogens (primary N) is 1. The first-order valence-corrected chi connectivity index (χ1v) is 6.09. The Morgan fingerprint density at radius 2 is 1.62 bits per heavy atom. The molecule has 0 bridgehead atoms. The predicted molar refractivity (Wildman–Crippen MR) is 68.4 cm³/mol.